The van der Waals surface area contributed by atoms with Gasteiger partial charge in [-0.15, -0.1) is 0 Å². The second kappa shape index (κ2) is 6.04. The molecule has 19 heavy (non-hydrogen) atoms. The molecule has 1 aromatic carbocycles. The standard InChI is InChI=1S/C10H11F2NO5S/c1-18-9(10(14)15)5-13-19(16,17)6-2-3-7(11)8(12)4-6/h2-4,9,13H,5H2,1H3,(H,14,15). The normalized spacial score (nSPS) is 13.2. The first-order valence-electron chi connectivity index (χ1n) is 4.98. The molecule has 1 atom stereocenters. The van der Waals surface area contributed by atoms with Crippen LogP contribution in [0.5, 0.6) is 0 Å². The van der Waals surface area contributed by atoms with Crippen LogP contribution >= 0.6 is 0 Å². The summed E-state index contributed by atoms with van der Waals surface area (Å²) < 4.78 is 55.4. The predicted molar refractivity (Wildman–Crippen MR) is 60.0 cm³/mol. The van der Waals surface area contributed by atoms with Crippen LogP contribution in [0.4, 0.5) is 8.78 Å². The van der Waals surface area contributed by atoms with E-state index < -0.39 is 45.2 Å². The van der Waals surface area contributed by atoms with Crippen LogP contribution in [-0.2, 0) is 19.6 Å². The Labute approximate surface area is 108 Å². The summed E-state index contributed by atoms with van der Waals surface area (Å²) in [6, 6.07) is 2.03. The van der Waals surface area contributed by atoms with Gasteiger partial charge in [-0.2, -0.15) is 0 Å². The first kappa shape index (κ1) is 15.5. The van der Waals surface area contributed by atoms with Gasteiger partial charge in [0.2, 0.25) is 10.0 Å². The number of nitrogens with one attached hydrogen (secondary N) is 1. The van der Waals surface area contributed by atoms with E-state index in [0.29, 0.717) is 12.1 Å². The summed E-state index contributed by atoms with van der Waals surface area (Å²) in [5, 5.41) is 8.65. The van der Waals surface area contributed by atoms with E-state index in [1.54, 1.807) is 0 Å². The molecule has 0 radical (unpaired) electrons. The zero-order valence-corrected chi connectivity index (χ0v) is 10.6. The minimum Gasteiger partial charge on any atom is -0.479 e. The monoisotopic (exact) mass is 295 g/mol. The molecule has 0 spiro atoms. The molecule has 0 saturated carbocycles. The van der Waals surface area contributed by atoms with Crippen molar-refractivity contribution in [2.24, 2.45) is 0 Å². The molecule has 0 aromatic heterocycles. The Balaban J connectivity index is 2.86. The number of hydrogen-bond acceptors (Lipinski definition) is 4. The molecule has 106 valence electrons. The summed E-state index contributed by atoms with van der Waals surface area (Å²) in [4.78, 5) is 10.1. The van der Waals surface area contributed by atoms with E-state index in [0.717, 1.165) is 13.2 Å². The lowest BCUT2D eigenvalue weighted by atomic mass is 10.3. The van der Waals surface area contributed by atoms with Gasteiger partial charge in [-0.1, -0.05) is 0 Å². The van der Waals surface area contributed by atoms with Crippen molar-refractivity contribution in [1.29, 1.82) is 0 Å². The molecule has 6 nitrogen and oxygen atoms in total. The minimum absolute atomic E-state index is 0.500. The van der Waals surface area contributed by atoms with Gasteiger partial charge in [0.25, 0.3) is 0 Å². The number of halogens is 2. The van der Waals surface area contributed by atoms with Crippen LogP contribution in [0.15, 0.2) is 23.1 Å². The summed E-state index contributed by atoms with van der Waals surface area (Å²) in [5.41, 5.74) is 0. The van der Waals surface area contributed by atoms with Gasteiger partial charge in [-0.3, -0.25) is 0 Å². The molecule has 1 aromatic rings. The summed E-state index contributed by atoms with van der Waals surface area (Å²) in [6.07, 6.45) is -1.37. The van der Waals surface area contributed by atoms with Gasteiger partial charge in [-0.05, 0) is 18.2 Å². The molecule has 0 bridgehead atoms. The van der Waals surface area contributed by atoms with E-state index in [4.69, 9.17) is 5.11 Å². The molecule has 0 fully saturated rings. The average Bonchev–Trinajstić information content (AvgIpc) is 2.32. The molecule has 0 saturated heterocycles. The van der Waals surface area contributed by atoms with Crippen molar-refractivity contribution in [3.05, 3.63) is 29.8 Å². The maximum Gasteiger partial charge on any atom is 0.334 e. The minimum atomic E-state index is -4.14. The predicted octanol–water partition coefficient (Wildman–Crippen LogP) is 0.343. The van der Waals surface area contributed by atoms with Gasteiger partial charge >= 0.3 is 5.97 Å². The molecule has 0 amide bonds. The third-order valence-electron chi connectivity index (χ3n) is 2.22. The first-order valence-corrected chi connectivity index (χ1v) is 6.46. The van der Waals surface area contributed by atoms with E-state index in [1.165, 1.54) is 0 Å². The zero-order chi connectivity index (χ0) is 14.6. The lowest BCUT2D eigenvalue weighted by Crippen LogP contribution is -2.37. The lowest BCUT2D eigenvalue weighted by molar-refractivity contribution is -0.147. The van der Waals surface area contributed by atoms with Crippen LogP contribution < -0.4 is 4.72 Å². The molecular formula is C10H11F2NO5S. The quantitative estimate of drug-likeness (QED) is 0.789. The molecule has 1 rings (SSSR count). The van der Waals surface area contributed by atoms with Crippen LogP contribution in [0, 0.1) is 11.6 Å². The van der Waals surface area contributed by atoms with E-state index in [-0.39, 0.29) is 0 Å². The van der Waals surface area contributed by atoms with Crippen LogP contribution in [0.1, 0.15) is 0 Å². The summed E-state index contributed by atoms with van der Waals surface area (Å²) in [5.74, 6) is -3.85. The van der Waals surface area contributed by atoms with Crippen molar-refractivity contribution >= 4 is 16.0 Å². The van der Waals surface area contributed by atoms with Gasteiger partial charge in [0, 0.05) is 13.7 Å². The van der Waals surface area contributed by atoms with Gasteiger partial charge in [0.05, 0.1) is 4.90 Å². The number of carbonyl (C=O) groups is 1. The number of rotatable bonds is 6. The Morgan fingerprint density at radius 2 is 2.05 bits per heavy atom. The smallest absolute Gasteiger partial charge is 0.334 e. The Kier molecular flexibility index (Phi) is 4.92. The van der Waals surface area contributed by atoms with Crippen LogP contribution in [0.2, 0.25) is 0 Å². The first-order chi connectivity index (χ1) is 8.77. The highest BCUT2D eigenvalue weighted by molar-refractivity contribution is 7.89. The third-order valence-corrected chi connectivity index (χ3v) is 3.64. The van der Waals surface area contributed by atoms with Crippen molar-refractivity contribution in [1.82, 2.24) is 4.72 Å². The fourth-order valence-corrected chi connectivity index (χ4v) is 2.23. The molecule has 0 aliphatic carbocycles. The summed E-state index contributed by atoms with van der Waals surface area (Å²) in [7, 11) is -3.04. The van der Waals surface area contributed by atoms with Crippen LogP contribution in [-0.4, -0.2) is 39.3 Å². The van der Waals surface area contributed by atoms with Crippen molar-refractivity contribution < 1.29 is 31.8 Å². The number of methoxy groups -OCH3 is 1. The largest absolute Gasteiger partial charge is 0.479 e. The van der Waals surface area contributed by atoms with Crippen molar-refractivity contribution in [3.63, 3.8) is 0 Å². The number of benzene rings is 1. The lowest BCUT2D eigenvalue weighted by Gasteiger charge is -2.12. The Morgan fingerprint density at radius 3 is 2.53 bits per heavy atom. The molecule has 9 heteroatoms. The fourth-order valence-electron chi connectivity index (χ4n) is 1.18. The summed E-state index contributed by atoms with van der Waals surface area (Å²) in [6.45, 7) is -0.535. The van der Waals surface area contributed by atoms with Gasteiger partial charge in [0.15, 0.2) is 17.7 Å². The zero-order valence-electron chi connectivity index (χ0n) is 9.76. The molecule has 0 aliphatic rings. The second-order valence-electron chi connectivity index (χ2n) is 3.49. The van der Waals surface area contributed by atoms with E-state index in [9.17, 15) is 22.0 Å². The van der Waals surface area contributed by atoms with Gasteiger partial charge in [0.1, 0.15) is 0 Å². The SMILES string of the molecule is COC(CNS(=O)(=O)c1ccc(F)c(F)c1)C(=O)O. The highest BCUT2D eigenvalue weighted by Gasteiger charge is 2.22. The van der Waals surface area contributed by atoms with E-state index in [2.05, 4.69) is 4.74 Å². The van der Waals surface area contributed by atoms with Crippen molar-refractivity contribution in [3.8, 4) is 0 Å². The molecule has 0 aliphatic heterocycles. The summed E-state index contributed by atoms with van der Waals surface area (Å²) >= 11 is 0. The number of aliphatic carboxylic acids is 1. The highest BCUT2D eigenvalue weighted by Crippen LogP contribution is 2.13. The van der Waals surface area contributed by atoms with E-state index in [1.807, 2.05) is 4.72 Å². The fraction of sp³-hybridized carbons (Fsp3) is 0.300. The molecule has 0 heterocycles. The second-order valence-corrected chi connectivity index (χ2v) is 5.26. The maximum atomic E-state index is 12.9. The number of ether oxygens (including phenoxy) is 1. The average molecular weight is 295 g/mol. The highest BCUT2D eigenvalue weighted by atomic mass is 32.2. The maximum absolute atomic E-state index is 12.9. The van der Waals surface area contributed by atoms with Crippen LogP contribution in [0.25, 0.3) is 0 Å². The molecular weight excluding hydrogens is 284 g/mol. The number of sulfonamides is 1. The van der Waals surface area contributed by atoms with Crippen LogP contribution in [0.3, 0.4) is 0 Å². The number of carboxylic acid groups (broad SMARTS) is 1. The van der Waals surface area contributed by atoms with Gasteiger partial charge < -0.3 is 9.84 Å². The molecule has 2 N–H and O–H groups in total. The third kappa shape index (κ3) is 3.94. The Morgan fingerprint density at radius 1 is 1.42 bits per heavy atom. The number of hydrogen-bond donors (Lipinski definition) is 2. The molecule has 1 unspecified atom stereocenters. The Hall–Kier alpha value is -1.58. The number of carboxylic acids is 1. The van der Waals surface area contributed by atoms with Gasteiger partial charge in [-0.25, -0.2) is 26.7 Å². The Bertz CT molecular complexity index is 575. The topological polar surface area (TPSA) is 92.7 Å². The van der Waals surface area contributed by atoms with E-state index >= 15 is 0 Å². The van der Waals surface area contributed by atoms with Crippen molar-refractivity contribution in [2.75, 3.05) is 13.7 Å². The van der Waals surface area contributed by atoms with Crippen molar-refractivity contribution in [2.45, 2.75) is 11.0 Å².